The molecule has 0 amide bonds. The Balaban J connectivity index is 1.59. The highest BCUT2D eigenvalue weighted by Gasteiger charge is 2.72. The number of fused-ring (bicyclic) bond motifs is 7. The van der Waals surface area contributed by atoms with Gasteiger partial charge in [-0.05, 0) is 116 Å². The maximum atomic E-state index is 12.4. The van der Waals surface area contributed by atoms with Crippen molar-refractivity contribution in [2.45, 2.75) is 126 Å². The number of esters is 1. The minimum Gasteiger partial charge on any atom is -0.462 e. The van der Waals surface area contributed by atoms with E-state index in [9.17, 15) is 4.79 Å². The van der Waals surface area contributed by atoms with Gasteiger partial charge in [0.15, 0.2) is 0 Å². The van der Waals surface area contributed by atoms with Crippen LogP contribution in [-0.4, -0.2) is 12.1 Å². The van der Waals surface area contributed by atoms with Crippen molar-refractivity contribution < 1.29 is 9.53 Å². The van der Waals surface area contributed by atoms with Gasteiger partial charge in [0.25, 0.3) is 0 Å². The van der Waals surface area contributed by atoms with Gasteiger partial charge in [0, 0.05) is 12.3 Å². The second-order valence-electron chi connectivity index (χ2n) is 15.0. The van der Waals surface area contributed by atoms with Gasteiger partial charge >= 0.3 is 5.97 Å². The first-order valence-corrected chi connectivity index (χ1v) is 14.6. The molecule has 34 heavy (non-hydrogen) atoms. The second-order valence-corrected chi connectivity index (χ2v) is 15.0. The van der Waals surface area contributed by atoms with Crippen LogP contribution in [0.5, 0.6) is 0 Å². The number of allylic oxidation sites excluding steroid dienone is 1. The lowest BCUT2D eigenvalue weighted by Crippen LogP contribution is -2.68. The van der Waals surface area contributed by atoms with E-state index in [0.29, 0.717) is 33.5 Å². The summed E-state index contributed by atoms with van der Waals surface area (Å²) in [5, 5.41) is 0. The zero-order valence-corrected chi connectivity index (χ0v) is 23.7. The van der Waals surface area contributed by atoms with Crippen LogP contribution >= 0.6 is 0 Å². The van der Waals surface area contributed by atoms with Crippen LogP contribution in [0.4, 0.5) is 0 Å². The SMILES string of the molecule is CC(=O)O[C@@H]1CC2[C@@](C)(CC[C@@]3(C)C4CC[C@H](C(C)C)[C@@]4(C)CC[C@]23C)C2CCC=C(C)[C@]21C. The van der Waals surface area contributed by atoms with Crippen molar-refractivity contribution in [3.8, 4) is 0 Å². The van der Waals surface area contributed by atoms with Crippen LogP contribution in [0.15, 0.2) is 11.6 Å². The van der Waals surface area contributed by atoms with Crippen molar-refractivity contribution in [3.63, 3.8) is 0 Å². The molecule has 0 aromatic heterocycles. The fraction of sp³-hybridized carbons (Fsp3) is 0.906. The molecule has 0 N–H and O–H groups in total. The Kier molecular flexibility index (Phi) is 5.57. The molecule has 0 radical (unpaired) electrons. The lowest BCUT2D eigenvalue weighted by Gasteiger charge is -2.73. The summed E-state index contributed by atoms with van der Waals surface area (Å²) in [6, 6.07) is 0. The fourth-order valence-electron chi connectivity index (χ4n) is 12.0. The van der Waals surface area contributed by atoms with E-state index in [1.165, 1.54) is 56.9 Å². The molecule has 0 aromatic rings. The molecular formula is C32H52O2. The van der Waals surface area contributed by atoms with Crippen LogP contribution in [0.3, 0.4) is 0 Å². The van der Waals surface area contributed by atoms with Crippen LogP contribution in [0.1, 0.15) is 120 Å². The molecule has 5 aliphatic rings. The molecule has 10 atom stereocenters. The van der Waals surface area contributed by atoms with Gasteiger partial charge in [0.2, 0.25) is 0 Å². The molecule has 0 aliphatic heterocycles. The third-order valence-electron chi connectivity index (χ3n) is 13.9. The Morgan fingerprint density at radius 3 is 2.12 bits per heavy atom. The summed E-state index contributed by atoms with van der Waals surface area (Å²) in [6.45, 7) is 22.0. The summed E-state index contributed by atoms with van der Waals surface area (Å²) in [4.78, 5) is 12.4. The van der Waals surface area contributed by atoms with Crippen LogP contribution in [0.25, 0.3) is 0 Å². The molecule has 2 heteroatoms. The van der Waals surface area contributed by atoms with Gasteiger partial charge in [-0.15, -0.1) is 0 Å². The highest BCUT2D eigenvalue weighted by atomic mass is 16.5. The van der Waals surface area contributed by atoms with Crippen molar-refractivity contribution in [1.29, 1.82) is 0 Å². The summed E-state index contributed by atoms with van der Waals surface area (Å²) in [7, 11) is 0. The average Bonchev–Trinajstić information content (AvgIpc) is 3.11. The topological polar surface area (TPSA) is 26.3 Å². The predicted octanol–water partition coefficient (Wildman–Crippen LogP) is 8.60. The summed E-state index contributed by atoms with van der Waals surface area (Å²) in [5.41, 5.74) is 3.00. The van der Waals surface area contributed by atoms with Crippen LogP contribution < -0.4 is 0 Å². The van der Waals surface area contributed by atoms with E-state index in [1.54, 1.807) is 6.92 Å². The van der Waals surface area contributed by atoms with Crippen LogP contribution in [0.2, 0.25) is 0 Å². The highest BCUT2D eigenvalue weighted by Crippen LogP contribution is 2.79. The highest BCUT2D eigenvalue weighted by molar-refractivity contribution is 5.66. The van der Waals surface area contributed by atoms with Crippen LogP contribution in [0, 0.1) is 56.7 Å². The average molecular weight is 469 g/mol. The number of ether oxygens (including phenoxy) is 1. The van der Waals surface area contributed by atoms with Crippen molar-refractivity contribution in [1.82, 2.24) is 0 Å². The monoisotopic (exact) mass is 468 g/mol. The molecule has 3 unspecified atom stereocenters. The molecule has 0 saturated heterocycles. The Hall–Kier alpha value is -0.790. The van der Waals surface area contributed by atoms with Crippen LogP contribution in [-0.2, 0) is 9.53 Å². The Morgan fingerprint density at radius 1 is 0.882 bits per heavy atom. The zero-order valence-electron chi connectivity index (χ0n) is 23.7. The molecule has 0 aromatic carbocycles. The van der Waals surface area contributed by atoms with Crippen molar-refractivity contribution in [3.05, 3.63) is 11.6 Å². The summed E-state index contributed by atoms with van der Waals surface area (Å²) in [6.07, 6.45) is 14.3. The molecule has 0 bridgehead atoms. The number of hydrogen-bond donors (Lipinski definition) is 0. The van der Waals surface area contributed by atoms with Gasteiger partial charge < -0.3 is 4.74 Å². The number of carbonyl (C=O) groups excluding carboxylic acids is 1. The smallest absolute Gasteiger partial charge is 0.302 e. The Bertz CT molecular complexity index is 887. The summed E-state index contributed by atoms with van der Waals surface area (Å²) < 4.78 is 6.26. The van der Waals surface area contributed by atoms with E-state index in [-0.39, 0.29) is 17.5 Å². The first-order valence-electron chi connectivity index (χ1n) is 14.6. The van der Waals surface area contributed by atoms with Crippen molar-refractivity contribution >= 4 is 5.97 Å². The molecule has 0 heterocycles. The first-order chi connectivity index (χ1) is 15.7. The third-order valence-corrected chi connectivity index (χ3v) is 13.9. The number of rotatable bonds is 2. The first kappa shape index (κ1) is 24.9. The summed E-state index contributed by atoms with van der Waals surface area (Å²) >= 11 is 0. The summed E-state index contributed by atoms with van der Waals surface area (Å²) in [5.74, 6) is 3.65. The van der Waals surface area contributed by atoms with Gasteiger partial charge in [-0.25, -0.2) is 0 Å². The molecule has 2 nitrogen and oxygen atoms in total. The Morgan fingerprint density at radius 2 is 1.50 bits per heavy atom. The minimum absolute atomic E-state index is 0.0153. The number of carbonyl (C=O) groups is 1. The van der Waals surface area contributed by atoms with E-state index in [2.05, 4.69) is 61.5 Å². The van der Waals surface area contributed by atoms with Gasteiger partial charge in [0.1, 0.15) is 6.10 Å². The van der Waals surface area contributed by atoms with Gasteiger partial charge in [-0.1, -0.05) is 60.1 Å². The molecular weight excluding hydrogens is 416 g/mol. The lowest BCUT2D eigenvalue weighted by atomic mass is 9.31. The van der Waals surface area contributed by atoms with E-state index >= 15 is 0 Å². The van der Waals surface area contributed by atoms with Crippen molar-refractivity contribution in [2.75, 3.05) is 0 Å². The van der Waals surface area contributed by atoms with E-state index in [4.69, 9.17) is 4.74 Å². The van der Waals surface area contributed by atoms with Gasteiger partial charge in [0.05, 0.1) is 0 Å². The van der Waals surface area contributed by atoms with Crippen molar-refractivity contribution in [2.24, 2.45) is 56.7 Å². The molecule has 4 saturated carbocycles. The second kappa shape index (κ2) is 7.61. The normalized spacial score (nSPS) is 54.4. The molecule has 5 rings (SSSR count). The largest absolute Gasteiger partial charge is 0.462 e. The molecule has 192 valence electrons. The molecule has 0 spiro atoms. The maximum Gasteiger partial charge on any atom is 0.302 e. The maximum absolute atomic E-state index is 12.4. The number of hydrogen-bond acceptors (Lipinski definition) is 2. The Labute approximate surface area is 210 Å². The molecule has 4 fully saturated rings. The van der Waals surface area contributed by atoms with Gasteiger partial charge in [-0.3, -0.25) is 4.79 Å². The quantitative estimate of drug-likeness (QED) is 0.299. The standard InChI is InChI=1S/C32H52O2/c1-20(2)23-13-14-24-28(23,5)15-17-31(8)26-19-27(34-22(4)33)32(9)21(3)11-10-12-25(32)29(26,6)16-18-30(24,31)7/h11,20,23-27H,10,12-19H2,1-9H3/t23-,24?,25?,26?,27-,28-,29+,30+,31-,32-/m1/s1. The van der Waals surface area contributed by atoms with E-state index in [0.717, 1.165) is 24.2 Å². The lowest BCUT2D eigenvalue weighted by molar-refractivity contribution is -0.256. The van der Waals surface area contributed by atoms with E-state index < -0.39 is 0 Å². The third kappa shape index (κ3) is 2.89. The fourth-order valence-corrected chi connectivity index (χ4v) is 12.0. The minimum atomic E-state index is -0.0949. The van der Waals surface area contributed by atoms with E-state index in [1.807, 2.05) is 0 Å². The van der Waals surface area contributed by atoms with Gasteiger partial charge in [-0.2, -0.15) is 0 Å². The zero-order chi connectivity index (χ0) is 24.9. The molecule has 5 aliphatic carbocycles. The predicted molar refractivity (Wildman–Crippen MR) is 140 cm³/mol.